The second kappa shape index (κ2) is 7.40. The first-order valence-electron chi connectivity index (χ1n) is 11.2. The van der Waals surface area contributed by atoms with Gasteiger partial charge in [-0.2, -0.15) is 10.2 Å². The molecule has 2 aliphatic rings. The van der Waals surface area contributed by atoms with E-state index in [0.29, 0.717) is 19.6 Å². The molecule has 0 spiro atoms. The summed E-state index contributed by atoms with van der Waals surface area (Å²) in [5.41, 5.74) is 4.78. The Morgan fingerprint density at radius 3 is 2.85 bits per heavy atom. The summed E-state index contributed by atoms with van der Waals surface area (Å²) in [6, 6.07) is 8.28. The molecule has 2 aliphatic heterocycles. The number of nitrogens with one attached hydrogen (secondary N) is 1. The number of halogens is 1. The van der Waals surface area contributed by atoms with E-state index < -0.39 is 5.41 Å². The summed E-state index contributed by atoms with van der Waals surface area (Å²) >= 11 is 0. The molecule has 0 atom stereocenters. The van der Waals surface area contributed by atoms with Crippen LogP contribution in [0.25, 0.3) is 16.6 Å². The molecule has 6 rings (SSSR count). The number of benzene rings is 1. The van der Waals surface area contributed by atoms with Crippen molar-refractivity contribution in [2.75, 3.05) is 18.0 Å². The lowest BCUT2D eigenvalue weighted by molar-refractivity contribution is -0.131. The fraction of sp³-hybridized carbons (Fsp3) is 0.333. The van der Waals surface area contributed by atoms with Crippen LogP contribution < -0.4 is 10.2 Å². The quantitative estimate of drug-likeness (QED) is 0.511. The molecule has 0 bridgehead atoms. The van der Waals surface area contributed by atoms with Crippen LogP contribution >= 0.6 is 0 Å². The highest BCUT2D eigenvalue weighted by Gasteiger charge is 2.46. The highest BCUT2D eigenvalue weighted by atomic mass is 19.1. The molecule has 1 aromatic carbocycles. The Balaban J connectivity index is 1.18. The molecule has 168 valence electrons. The van der Waals surface area contributed by atoms with E-state index >= 15 is 0 Å². The number of amides is 1. The monoisotopic (exact) mass is 445 g/mol. The summed E-state index contributed by atoms with van der Waals surface area (Å²) < 4.78 is 17.0. The maximum atomic E-state index is 13.1. The van der Waals surface area contributed by atoms with Crippen molar-refractivity contribution in [1.82, 2.24) is 29.7 Å². The Hall–Kier alpha value is -3.75. The minimum atomic E-state index is -0.509. The summed E-state index contributed by atoms with van der Waals surface area (Å²) in [6.07, 6.45) is 7.67. The molecule has 0 saturated carbocycles. The first-order valence-corrected chi connectivity index (χ1v) is 11.2. The highest BCUT2D eigenvalue weighted by Crippen LogP contribution is 2.37. The zero-order valence-electron chi connectivity index (χ0n) is 18.3. The summed E-state index contributed by atoms with van der Waals surface area (Å²) in [5, 5.41) is 11.9. The number of nitrogens with zero attached hydrogens (tertiary/aromatic N) is 6. The van der Waals surface area contributed by atoms with Crippen LogP contribution in [0.15, 0.2) is 49.1 Å². The fourth-order valence-electron chi connectivity index (χ4n) is 4.90. The Morgan fingerprint density at radius 1 is 1.21 bits per heavy atom. The van der Waals surface area contributed by atoms with Crippen molar-refractivity contribution in [2.45, 2.75) is 32.9 Å². The summed E-state index contributed by atoms with van der Waals surface area (Å²) in [6.45, 7) is 4.45. The molecular weight excluding hydrogens is 421 g/mol. The number of hydrogen-bond donors (Lipinski definition) is 1. The van der Waals surface area contributed by atoms with Gasteiger partial charge in [0.2, 0.25) is 5.91 Å². The van der Waals surface area contributed by atoms with Crippen LogP contribution in [-0.2, 0) is 24.3 Å². The van der Waals surface area contributed by atoms with Crippen LogP contribution in [0.4, 0.5) is 10.2 Å². The van der Waals surface area contributed by atoms with Crippen LogP contribution in [0, 0.1) is 11.2 Å². The van der Waals surface area contributed by atoms with Crippen molar-refractivity contribution in [3.05, 3.63) is 66.1 Å². The average Bonchev–Trinajstić information content (AvgIpc) is 3.51. The number of fused-ring (bicyclic) bond motifs is 2. The molecule has 8 nitrogen and oxygen atoms in total. The first-order chi connectivity index (χ1) is 16.0. The number of anilines is 1. The van der Waals surface area contributed by atoms with Gasteiger partial charge in [0.15, 0.2) is 5.82 Å². The van der Waals surface area contributed by atoms with Crippen LogP contribution in [0.2, 0.25) is 0 Å². The molecule has 1 N–H and O–H groups in total. The normalized spacial score (nSPS) is 16.6. The van der Waals surface area contributed by atoms with Gasteiger partial charge in [0.1, 0.15) is 17.7 Å². The lowest BCUT2D eigenvalue weighted by atomic mass is 9.81. The molecule has 33 heavy (non-hydrogen) atoms. The lowest BCUT2D eigenvalue weighted by Gasteiger charge is -2.47. The predicted octanol–water partition coefficient (Wildman–Crippen LogP) is 2.82. The van der Waals surface area contributed by atoms with Crippen molar-refractivity contribution in [3.8, 4) is 11.1 Å². The van der Waals surface area contributed by atoms with E-state index in [1.807, 2.05) is 23.8 Å². The number of carbonyl (C=O) groups excluding carboxylic acids is 1. The van der Waals surface area contributed by atoms with Gasteiger partial charge in [-0.25, -0.2) is 13.9 Å². The fourth-order valence-corrected chi connectivity index (χ4v) is 4.90. The molecule has 1 fully saturated rings. The number of aryl methyl sites for hydroxylation is 1. The van der Waals surface area contributed by atoms with Crippen molar-refractivity contribution < 1.29 is 9.18 Å². The number of hydrogen-bond acceptors (Lipinski definition) is 5. The molecule has 0 aliphatic carbocycles. The second-order valence-corrected chi connectivity index (χ2v) is 9.20. The van der Waals surface area contributed by atoms with Crippen molar-refractivity contribution in [2.24, 2.45) is 5.41 Å². The maximum Gasteiger partial charge on any atom is 0.229 e. The highest BCUT2D eigenvalue weighted by molar-refractivity contribution is 5.87. The van der Waals surface area contributed by atoms with Crippen LogP contribution in [0.1, 0.15) is 24.6 Å². The topological polar surface area (TPSA) is 80.3 Å². The molecule has 0 unspecified atom stereocenters. The standard InChI is InChI=1S/C24H24FN7O/c1-24(23(33)26-10-16-4-6-18(25)7-5-16)13-30(14-24)22-21-9-17(12-32(21)29-15-27-22)19-11-28-31-8-2-3-20(19)31/h4-7,9,11-12,15H,2-3,8,10,13-14H2,1H3,(H,26,33). The second-order valence-electron chi connectivity index (χ2n) is 9.20. The van der Waals surface area contributed by atoms with Gasteiger partial charge in [0, 0.05) is 49.2 Å². The molecule has 1 saturated heterocycles. The Kier molecular flexibility index (Phi) is 4.46. The van der Waals surface area contributed by atoms with E-state index in [1.54, 1.807) is 18.5 Å². The molecule has 0 radical (unpaired) electrons. The molecule has 3 aromatic heterocycles. The van der Waals surface area contributed by atoms with E-state index in [9.17, 15) is 9.18 Å². The van der Waals surface area contributed by atoms with Gasteiger partial charge in [-0.1, -0.05) is 12.1 Å². The minimum Gasteiger partial charge on any atom is -0.352 e. The van der Waals surface area contributed by atoms with E-state index in [-0.39, 0.29) is 11.7 Å². The van der Waals surface area contributed by atoms with Crippen molar-refractivity contribution in [3.63, 3.8) is 0 Å². The zero-order valence-corrected chi connectivity index (χ0v) is 18.3. The third kappa shape index (κ3) is 3.35. The zero-order chi connectivity index (χ0) is 22.6. The van der Waals surface area contributed by atoms with Crippen LogP contribution in [-0.4, -0.2) is 43.4 Å². The Morgan fingerprint density at radius 2 is 2.03 bits per heavy atom. The van der Waals surface area contributed by atoms with Crippen LogP contribution in [0.5, 0.6) is 0 Å². The van der Waals surface area contributed by atoms with Gasteiger partial charge in [-0.3, -0.25) is 9.48 Å². The van der Waals surface area contributed by atoms with E-state index in [2.05, 4.69) is 36.1 Å². The Labute approximate surface area is 190 Å². The van der Waals surface area contributed by atoms with E-state index in [4.69, 9.17) is 0 Å². The molecule has 9 heteroatoms. The van der Waals surface area contributed by atoms with E-state index in [0.717, 1.165) is 47.4 Å². The van der Waals surface area contributed by atoms with Crippen LogP contribution in [0.3, 0.4) is 0 Å². The van der Waals surface area contributed by atoms with Crippen molar-refractivity contribution >= 4 is 17.2 Å². The number of rotatable bonds is 5. The Bertz CT molecular complexity index is 1350. The van der Waals surface area contributed by atoms with Gasteiger partial charge < -0.3 is 10.2 Å². The third-order valence-electron chi connectivity index (χ3n) is 6.72. The maximum absolute atomic E-state index is 13.1. The van der Waals surface area contributed by atoms with Gasteiger partial charge in [-0.05, 0) is 43.5 Å². The minimum absolute atomic E-state index is 0.0142. The molecule has 4 aromatic rings. The molecule has 5 heterocycles. The summed E-state index contributed by atoms with van der Waals surface area (Å²) in [4.78, 5) is 19.5. The smallest absolute Gasteiger partial charge is 0.229 e. The summed E-state index contributed by atoms with van der Waals surface area (Å²) in [5.74, 6) is 0.526. The third-order valence-corrected chi connectivity index (χ3v) is 6.72. The van der Waals surface area contributed by atoms with Gasteiger partial charge >= 0.3 is 0 Å². The SMILES string of the molecule is CC1(C(=O)NCc2ccc(F)cc2)CN(c2ncnn3cc(-c4cnn5c4CCC5)cc23)C1. The molecule has 1 amide bonds. The molecular formula is C24H24FN7O. The number of carbonyl (C=O) groups is 1. The first kappa shape index (κ1) is 19.9. The predicted molar refractivity (Wildman–Crippen MR) is 121 cm³/mol. The lowest BCUT2D eigenvalue weighted by Crippen LogP contribution is -2.62. The van der Waals surface area contributed by atoms with Gasteiger partial charge in [0.05, 0.1) is 11.6 Å². The largest absolute Gasteiger partial charge is 0.352 e. The van der Waals surface area contributed by atoms with E-state index in [1.165, 1.54) is 17.8 Å². The van der Waals surface area contributed by atoms with Gasteiger partial charge in [-0.15, -0.1) is 0 Å². The average molecular weight is 446 g/mol. The van der Waals surface area contributed by atoms with Crippen molar-refractivity contribution in [1.29, 1.82) is 0 Å². The summed E-state index contributed by atoms with van der Waals surface area (Å²) in [7, 11) is 0. The number of aromatic nitrogens is 5. The van der Waals surface area contributed by atoms with Gasteiger partial charge in [0.25, 0.3) is 0 Å².